The molecule has 2 aromatic rings. The lowest BCUT2D eigenvalue weighted by molar-refractivity contribution is 0.0954. The number of aliphatic imine (C=N–C) groups is 1. The normalized spacial score (nSPS) is 14.4. The van der Waals surface area contributed by atoms with Crippen LogP contribution in [0.5, 0.6) is 5.75 Å². The topological polar surface area (TPSA) is 87.6 Å². The zero-order valence-electron chi connectivity index (χ0n) is 17.8. The van der Waals surface area contributed by atoms with Gasteiger partial charge in [-0.05, 0) is 56.4 Å². The van der Waals surface area contributed by atoms with Gasteiger partial charge in [-0.2, -0.15) is 0 Å². The van der Waals surface area contributed by atoms with Crippen LogP contribution in [0.4, 0.5) is 0 Å². The summed E-state index contributed by atoms with van der Waals surface area (Å²) in [5.41, 5.74) is 2.85. The van der Waals surface area contributed by atoms with E-state index in [0.29, 0.717) is 37.3 Å². The van der Waals surface area contributed by atoms with Gasteiger partial charge in [0, 0.05) is 44.6 Å². The third-order valence-corrected chi connectivity index (χ3v) is 5.12. The van der Waals surface area contributed by atoms with Gasteiger partial charge in [-0.15, -0.1) is 0 Å². The molecule has 3 N–H and O–H groups in total. The predicted molar refractivity (Wildman–Crippen MR) is 119 cm³/mol. The number of nitrogens with zero attached hydrogens (tertiary/aromatic N) is 2. The molecule has 1 aliphatic rings. The third kappa shape index (κ3) is 6.47. The largest absolute Gasteiger partial charge is 0.490 e. The Labute approximate surface area is 178 Å². The lowest BCUT2D eigenvalue weighted by Crippen LogP contribution is -2.41. The van der Waals surface area contributed by atoms with Crippen molar-refractivity contribution in [3.8, 4) is 5.75 Å². The number of aromatic nitrogens is 1. The Morgan fingerprint density at radius 1 is 1.17 bits per heavy atom. The maximum absolute atomic E-state index is 12.0. The number of ether oxygens (including phenoxy) is 1. The lowest BCUT2D eigenvalue weighted by atomic mass is 10.1. The van der Waals surface area contributed by atoms with E-state index >= 15 is 0 Å². The molecule has 1 fully saturated rings. The maximum atomic E-state index is 12.0. The minimum Gasteiger partial charge on any atom is -0.490 e. The van der Waals surface area contributed by atoms with E-state index in [2.05, 4.69) is 51.0 Å². The number of pyridine rings is 1. The second kappa shape index (κ2) is 11.2. The van der Waals surface area contributed by atoms with Gasteiger partial charge in [0.2, 0.25) is 0 Å². The van der Waals surface area contributed by atoms with Crippen LogP contribution in [0.25, 0.3) is 0 Å². The molecule has 160 valence electrons. The number of carbonyl (C=O) groups is 1. The summed E-state index contributed by atoms with van der Waals surface area (Å²) in [5.74, 6) is 1.49. The van der Waals surface area contributed by atoms with Crippen molar-refractivity contribution >= 4 is 11.9 Å². The first-order chi connectivity index (χ1) is 14.7. The van der Waals surface area contributed by atoms with Crippen LogP contribution in [0.1, 0.15) is 47.2 Å². The van der Waals surface area contributed by atoms with E-state index in [-0.39, 0.29) is 5.91 Å². The van der Waals surface area contributed by atoms with Gasteiger partial charge in [0.1, 0.15) is 5.75 Å². The van der Waals surface area contributed by atoms with E-state index < -0.39 is 0 Å². The van der Waals surface area contributed by atoms with E-state index in [4.69, 9.17) is 4.74 Å². The summed E-state index contributed by atoms with van der Waals surface area (Å²) in [6.45, 7) is 3.74. The van der Waals surface area contributed by atoms with Crippen LogP contribution in [0, 0.1) is 6.92 Å². The number of benzene rings is 1. The highest BCUT2D eigenvalue weighted by atomic mass is 16.5. The van der Waals surface area contributed by atoms with Gasteiger partial charge in [0.25, 0.3) is 5.91 Å². The molecule has 0 unspecified atom stereocenters. The quantitative estimate of drug-likeness (QED) is 0.355. The Kier molecular flexibility index (Phi) is 8.06. The Morgan fingerprint density at radius 3 is 2.70 bits per heavy atom. The molecule has 1 aliphatic carbocycles. The molecule has 7 heteroatoms. The molecule has 30 heavy (non-hydrogen) atoms. The van der Waals surface area contributed by atoms with Crippen LogP contribution >= 0.6 is 0 Å². The molecule has 1 saturated carbocycles. The Morgan fingerprint density at radius 2 is 1.97 bits per heavy atom. The predicted octanol–water partition coefficient (Wildman–Crippen LogP) is 2.81. The second-order valence-electron chi connectivity index (χ2n) is 7.49. The van der Waals surface area contributed by atoms with Crippen LogP contribution in [0.15, 0.2) is 47.7 Å². The molecule has 3 rings (SSSR count). The number of aryl methyl sites for hydroxylation is 1. The summed E-state index contributed by atoms with van der Waals surface area (Å²) in [6.07, 6.45) is 8.29. The molecule has 0 radical (unpaired) electrons. The van der Waals surface area contributed by atoms with E-state index in [1.54, 1.807) is 31.6 Å². The van der Waals surface area contributed by atoms with Crippen molar-refractivity contribution in [2.75, 3.05) is 20.1 Å². The minimum atomic E-state index is -0.138. The average molecular weight is 410 g/mol. The van der Waals surface area contributed by atoms with E-state index in [1.165, 1.54) is 18.4 Å². The van der Waals surface area contributed by atoms with Crippen LogP contribution < -0.4 is 20.7 Å². The Hall–Kier alpha value is -3.09. The standard InChI is InChI=1S/C23H31N5O2/c1-17-9-10-18(21(14-17)30-20-7-3-4-8-20)16-28-23(24-2)27-13-12-26-22(29)19-6-5-11-25-15-19/h5-6,9-11,14-15,20H,3-4,7-8,12-13,16H2,1-2H3,(H,26,29)(H2,24,27,28). The molecule has 1 heterocycles. The molecule has 0 spiro atoms. The van der Waals surface area contributed by atoms with Gasteiger partial charge in [-0.3, -0.25) is 14.8 Å². The Bertz CT molecular complexity index is 848. The highest BCUT2D eigenvalue weighted by Crippen LogP contribution is 2.27. The number of hydrogen-bond acceptors (Lipinski definition) is 4. The van der Waals surface area contributed by atoms with E-state index in [0.717, 1.165) is 24.2 Å². The smallest absolute Gasteiger partial charge is 0.252 e. The number of guanidine groups is 1. The molecule has 7 nitrogen and oxygen atoms in total. The third-order valence-electron chi connectivity index (χ3n) is 5.12. The van der Waals surface area contributed by atoms with Crippen molar-refractivity contribution in [1.29, 1.82) is 0 Å². The second-order valence-corrected chi connectivity index (χ2v) is 7.49. The SMILES string of the molecule is CN=C(NCCNC(=O)c1cccnc1)NCc1ccc(C)cc1OC1CCCC1. The first-order valence-electron chi connectivity index (χ1n) is 10.5. The van der Waals surface area contributed by atoms with Gasteiger partial charge < -0.3 is 20.7 Å². The van der Waals surface area contributed by atoms with Crippen molar-refractivity contribution in [3.05, 3.63) is 59.4 Å². The number of nitrogens with one attached hydrogen (secondary N) is 3. The summed E-state index contributed by atoms with van der Waals surface area (Å²) in [6, 6.07) is 9.80. The van der Waals surface area contributed by atoms with E-state index in [9.17, 15) is 4.79 Å². The molecule has 1 aromatic carbocycles. The van der Waals surface area contributed by atoms with Gasteiger partial charge in [0.15, 0.2) is 5.96 Å². The molecule has 0 atom stereocenters. The zero-order valence-corrected chi connectivity index (χ0v) is 17.8. The summed E-state index contributed by atoms with van der Waals surface area (Å²) in [4.78, 5) is 20.3. The maximum Gasteiger partial charge on any atom is 0.252 e. The van der Waals surface area contributed by atoms with Crippen molar-refractivity contribution in [2.24, 2.45) is 4.99 Å². The van der Waals surface area contributed by atoms with Crippen molar-refractivity contribution in [3.63, 3.8) is 0 Å². The highest BCUT2D eigenvalue weighted by molar-refractivity contribution is 5.93. The van der Waals surface area contributed by atoms with Gasteiger partial charge in [0.05, 0.1) is 11.7 Å². The van der Waals surface area contributed by atoms with Crippen molar-refractivity contribution in [1.82, 2.24) is 20.9 Å². The number of rotatable bonds is 8. The Balaban J connectivity index is 1.45. The highest BCUT2D eigenvalue weighted by Gasteiger charge is 2.18. The average Bonchev–Trinajstić information content (AvgIpc) is 3.28. The first-order valence-corrected chi connectivity index (χ1v) is 10.5. The van der Waals surface area contributed by atoms with Crippen LogP contribution in [0.2, 0.25) is 0 Å². The lowest BCUT2D eigenvalue weighted by Gasteiger charge is -2.18. The van der Waals surface area contributed by atoms with Crippen molar-refractivity contribution in [2.45, 2.75) is 45.3 Å². The van der Waals surface area contributed by atoms with E-state index in [1.807, 2.05) is 0 Å². The monoisotopic (exact) mass is 409 g/mol. The fraction of sp³-hybridized carbons (Fsp3) is 0.435. The molecule has 0 aliphatic heterocycles. The summed E-state index contributed by atoms with van der Waals surface area (Å²) < 4.78 is 6.27. The molecule has 0 bridgehead atoms. The fourth-order valence-corrected chi connectivity index (χ4v) is 3.46. The molecular weight excluding hydrogens is 378 g/mol. The van der Waals surface area contributed by atoms with Crippen molar-refractivity contribution < 1.29 is 9.53 Å². The van der Waals surface area contributed by atoms with Gasteiger partial charge in [-0.25, -0.2) is 0 Å². The van der Waals surface area contributed by atoms with Crippen LogP contribution in [-0.4, -0.2) is 43.1 Å². The molecular formula is C23H31N5O2. The van der Waals surface area contributed by atoms with Crippen LogP contribution in [-0.2, 0) is 6.54 Å². The van der Waals surface area contributed by atoms with Gasteiger partial charge in [-0.1, -0.05) is 12.1 Å². The number of carbonyl (C=O) groups excluding carboxylic acids is 1. The molecule has 1 aromatic heterocycles. The first kappa shape index (κ1) is 21.6. The summed E-state index contributed by atoms with van der Waals surface area (Å²) in [5, 5.41) is 9.41. The summed E-state index contributed by atoms with van der Waals surface area (Å²) in [7, 11) is 1.73. The zero-order chi connectivity index (χ0) is 21.2. The minimum absolute atomic E-state index is 0.138. The molecule has 0 saturated heterocycles. The summed E-state index contributed by atoms with van der Waals surface area (Å²) >= 11 is 0. The fourth-order valence-electron chi connectivity index (χ4n) is 3.46. The number of amides is 1. The van der Waals surface area contributed by atoms with Gasteiger partial charge >= 0.3 is 0 Å². The molecule has 1 amide bonds. The van der Waals surface area contributed by atoms with Crippen LogP contribution in [0.3, 0.4) is 0 Å². The number of hydrogen-bond donors (Lipinski definition) is 3.